The predicted octanol–water partition coefficient (Wildman–Crippen LogP) is 3.17. The minimum atomic E-state index is -4.22. The van der Waals surface area contributed by atoms with Gasteiger partial charge in [0.2, 0.25) is 0 Å². The van der Waals surface area contributed by atoms with E-state index in [1.54, 1.807) is 24.3 Å². The molecule has 1 aromatic rings. The van der Waals surface area contributed by atoms with Crippen LogP contribution >= 0.6 is 11.8 Å². The summed E-state index contributed by atoms with van der Waals surface area (Å²) in [6, 6.07) is 8.09. The molecule has 0 heterocycles. The first-order valence-corrected chi connectivity index (χ1v) is 7.63. The molecule has 8 heteroatoms. The zero-order chi connectivity index (χ0) is 16.4. The van der Waals surface area contributed by atoms with E-state index in [-0.39, 0.29) is 18.1 Å². The van der Waals surface area contributed by atoms with Crippen molar-refractivity contribution in [3.63, 3.8) is 0 Å². The summed E-state index contributed by atoms with van der Waals surface area (Å²) in [5.41, 5.74) is 0.792. The van der Waals surface area contributed by atoms with Gasteiger partial charge in [-0.1, -0.05) is 30.3 Å². The minimum absolute atomic E-state index is 0.0550. The summed E-state index contributed by atoms with van der Waals surface area (Å²) >= 11 is 0.948. The van der Waals surface area contributed by atoms with E-state index in [0.29, 0.717) is 6.29 Å². The molecule has 1 aromatic carbocycles. The average Bonchev–Trinajstić information content (AvgIpc) is 2.48. The summed E-state index contributed by atoms with van der Waals surface area (Å²) in [5, 5.41) is 2.30. The summed E-state index contributed by atoms with van der Waals surface area (Å²) in [4.78, 5) is 22.3. The summed E-state index contributed by atoms with van der Waals surface area (Å²) < 4.78 is 40.8. The van der Waals surface area contributed by atoms with Gasteiger partial charge in [-0.05, 0) is 5.56 Å². The van der Waals surface area contributed by atoms with Crippen molar-refractivity contribution in [2.75, 3.05) is 11.5 Å². The van der Waals surface area contributed by atoms with Crippen molar-refractivity contribution in [1.29, 1.82) is 0 Å². The van der Waals surface area contributed by atoms with Crippen LogP contribution in [0.5, 0.6) is 0 Å². The second kappa shape index (κ2) is 9.34. The van der Waals surface area contributed by atoms with Crippen molar-refractivity contribution in [2.45, 2.75) is 25.2 Å². The quantitative estimate of drug-likeness (QED) is 0.586. The highest BCUT2D eigenvalue weighted by Gasteiger charge is 2.26. The fourth-order valence-corrected chi connectivity index (χ4v) is 2.39. The molecular formula is C14H16F3NO3S. The van der Waals surface area contributed by atoms with Crippen molar-refractivity contribution in [1.82, 2.24) is 5.32 Å². The molecule has 1 atom stereocenters. The Labute approximate surface area is 130 Å². The van der Waals surface area contributed by atoms with E-state index < -0.39 is 24.7 Å². The van der Waals surface area contributed by atoms with Gasteiger partial charge in [-0.3, -0.25) is 0 Å². The Morgan fingerprint density at radius 3 is 2.59 bits per heavy atom. The van der Waals surface area contributed by atoms with Crippen LogP contribution in [0.15, 0.2) is 30.3 Å². The number of amides is 1. The van der Waals surface area contributed by atoms with Crippen LogP contribution in [0, 0.1) is 0 Å². The van der Waals surface area contributed by atoms with Crippen molar-refractivity contribution in [3.05, 3.63) is 35.9 Å². The zero-order valence-corrected chi connectivity index (χ0v) is 12.5. The van der Waals surface area contributed by atoms with Crippen LogP contribution in [0.2, 0.25) is 0 Å². The topological polar surface area (TPSA) is 55.4 Å². The van der Waals surface area contributed by atoms with E-state index in [2.05, 4.69) is 5.32 Å². The number of nitrogens with one attached hydrogen (secondary N) is 1. The van der Waals surface area contributed by atoms with Crippen LogP contribution in [0.1, 0.15) is 12.0 Å². The smallest absolute Gasteiger partial charge is 0.408 e. The van der Waals surface area contributed by atoms with Gasteiger partial charge in [0.1, 0.15) is 12.9 Å². The highest BCUT2D eigenvalue weighted by Crippen LogP contribution is 2.22. The molecule has 0 aromatic heterocycles. The van der Waals surface area contributed by atoms with E-state index in [0.717, 1.165) is 17.3 Å². The van der Waals surface area contributed by atoms with Crippen LogP contribution in [0.3, 0.4) is 0 Å². The number of aldehydes is 1. The number of carbonyl (C=O) groups is 2. The number of rotatable bonds is 8. The largest absolute Gasteiger partial charge is 0.445 e. The third-order valence-corrected chi connectivity index (χ3v) is 3.60. The van der Waals surface area contributed by atoms with Crippen LogP contribution in [-0.4, -0.2) is 36.1 Å². The van der Waals surface area contributed by atoms with Crippen molar-refractivity contribution >= 4 is 24.1 Å². The first kappa shape index (κ1) is 18.3. The number of benzene rings is 1. The molecule has 0 saturated heterocycles. The number of hydrogen-bond donors (Lipinski definition) is 1. The first-order valence-electron chi connectivity index (χ1n) is 6.47. The number of hydrogen-bond acceptors (Lipinski definition) is 4. The molecule has 0 fully saturated rings. The Hall–Kier alpha value is -1.70. The maximum atomic E-state index is 12.0. The molecule has 122 valence electrons. The van der Waals surface area contributed by atoms with Crippen molar-refractivity contribution < 1.29 is 27.5 Å². The number of carbonyl (C=O) groups excluding carboxylic acids is 2. The second-order valence-electron chi connectivity index (χ2n) is 4.39. The molecule has 0 radical (unpaired) electrons. The van der Waals surface area contributed by atoms with Gasteiger partial charge >= 0.3 is 12.3 Å². The molecule has 0 aliphatic heterocycles. The predicted molar refractivity (Wildman–Crippen MR) is 77.6 cm³/mol. The van der Waals surface area contributed by atoms with Crippen LogP contribution in [-0.2, 0) is 16.1 Å². The number of thioether (sulfide) groups is 1. The highest BCUT2D eigenvalue weighted by molar-refractivity contribution is 7.99. The molecule has 1 amide bonds. The first-order chi connectivity index (χ1) is 10.4. The maximum Gasteiger partial charge on any atom is 0.408 e. The van der Waals surface area contributed by atoms with Gasteiger partial charge in [-0.15, -0.1) is 0 Å². The molecule has 0 spiro atoms. The molecule has 0 unspecified atom stereocenters. The van der Waals surface area contributed by atoms with Crippen LogP contribution in [0.25, 0.3) is 0 Å². The number of alkyl halides is 3. The van der Waals surface area contributed by atoms with E-state index in [9.17, 15) is 22.8 Å². The van der Waals surface area contributed by atoms with Crippen LogP contribution < -0.4 is 5.32 Å². The molecular weight excluding hydrogens is 319 g/mol. The summed E-state index contributed by atoms with van der Waals surface area (Å²) in [6.07, 6.45) is -5.45. The normalized spacial score (nSPS) is 12.5. The van der Waals surface area contributed by atoms with Crippen molar-refractivity contribution in [2.24, 2.45) is 0 Å². The van der Waals surface area contributed by atoms with Gasteiger partial charge in [-0.25, -0.2) is 4.79 Å². The van der Waals surface area contributed by atoms with Gasteiger partial charge in [0.25, 0.3) is 0 Å². The summed E-state index contributed by atoms with van der Waals surface area (Å²) in [7, 11) is 0. The molecule has 22 heavy (non-hydrogen) atoms. The fraction of sp³-hybridized carbons (Fsp3) is 0.429. The summed E-state index contributed by atoms with van der Waals surface area (Å²) in [6.45, 7) is 0.0550. The maximum absolute atomic E-state index is 12.0. The molecule has 0 bridgehead atoms. The lowest BCUT2D eigenvalue weighted by Gasteiger charge is -2.13. The Morgan fingerprint density at radius 2 is 2.00 bits per heavy atom. The van der Waals surface area contributed by atoms with Crippen LogP contribution in [0.4, 0.5) is 18.0 Å². The van der Waals surface area contributed by atoms with E-state index in [4.69, 9.17) is 4.74 Å². The molecule has 4 nitrogen and oxygen atoms in total. The lowest BCUT2D eigenvalue weighted by molar-refractivity contribution is -0.129. The minimum Gasteiger partial charge on any atom is -0.445 e. The Bertz CT molecular complexity index is 468. The zero-order valence-electron chi connectivity index (χ0n) is 11.6. The van der Waals surface area contributed by atoms with Gasteiger partial charge in [0, 0.05) is 11.5 Å². The lowest BCUT2D eigenvalue weighted by atomic mass is 10.2. The summed E-state index contributed by atoms with van der Waals surface area (Å²) in [5.74, 6) is -0.0887. The van der Waals surface area contributed by atoms with Gasteiger partial charge in [-0.2, -0.15) is 24.9 Å². The molecule has 0 aliphatic carbocycles. The number of ether oxygens (including phenoxy) is 1. The van der Waals surface area contributed by atoms with Gasteiger partial charge in [0.05, 0.1) is 12.5 Å². The fourth-order valence-electron chi connectivity index (χ4n) is 1.43. The van der Waals surface area contributed by atoms with Gasteiger partial charge in [0.15, 0.2) is 0 Å². The number of halogens is 3. The SMILES string of the molecule is O=C[C@@H](CSCCC(F)(F)F)NC(=O)OCc1ccccc1. The molecule has 0 aliphatic rings. The Balaban J connectivity index is 2.24. The third-order valence-electron chi connectivity index (χ3n) is 2.51. The standard InChI is InChI=1S/C14H16F3NO3S/c15-14(16,17)6-7-22-10-12(8-19)18-13(20)21-9-11-4-2-1-3-5-11/h1-5,8,12H,6-7,9-10H2,(H,18,20)/t12-/m0/s1. The highest BCUT2D eigenvalue weighted by atomic mass is 32.2. The van der Waals surface area contributed by atoms with Crippen molar-refractivity contribution in [3.8, 4) is 0 Å². The lowest BCUT2D eigenvalue weighted by Crippen LogP contribution is -2.38. The number of alkyl carbamates (subject to hydrolysis) is 1. The van der Waals surface area contributed by atoms with E-state index >= 15 is 0 Å². The Kier molecular flexibility index (Phi) is 7.79. The average molecular weight is 335 g/mol. The van der Waals surface area contributed by atoms with E-state index in [1.165, 1.54) is 0 Å². The second-order valence-corrected chi connectivity index (χ2v) is 5.54. The van der Waals surface area contributed by atoms with E-state index in [1.807, 2.05) is 6.07 Å². The molecule has 1 N–H and O–H groups in total. The van der Waals surface area contributed by atoms with Gasteiger partial charge < -0.3 is 14.8 Å². The monoisotopic (exact) mass is 335 g/mol. The Morgan fingerprint density at radius 1 is 1.32 bits per heavy atom. The molecule has 1 rings (SSSR count). The molecule has 0 saturated carbocycles. The third kappa shape index (κ3) is 8.56.